The van der Waals surface area contributed by atoms with Crippen molar-refractivity contribution in [1.29, 1.82) is 0 Å². The molecule has 0 fully saturated rings. The molecule has 0 aromatic heterocycles. The van der Waals surface area contributed by atoms with Crippen molar-refractivity contribution in [3.63, 3.8) is 0 Å². The Kier molecular flexibility index (Phi) is 4.37. The molecule has 0 saturated heterocycles. The first kappa shape index (κ1) is 15.6. The summed E-state index contributed by atoms with van der Waals surface area (Å²) in [6, 6.07) is 12.6. The monoisotopic (exact) mass is 347 g/mol. The summed E-state index contributed by atoms with van der Waals surface area (Å²) >= 11 is 12.2. The summed E-state index contributed by atoms with van der Waals surface area (Å²) in [4.78, 5) is 16.8. The van der Waals surface area contributed by atoms with Crippen LogP contribution in [0.1, 0.15) is 11.1 Å². The molecule has 3 rings (SSSR count). The molecule has 0 amide bonds. The number of hydrogen-bond donors (Lipinski definition) is 0. The molecule has 0 saturated carbocycles. The topological polar surface area (TPSA) is 47.9 Å². The lowest BCUT2D eigenvalue weighted by atomic mass is 10.0. The van der Waals surface area contributed by atoms with Crippen molar-refractivity contribution in [2.24, 2.45) is 5.16 Å². The van der Waals surface area contributed by atoms with E-state index in [0.717, 1.165) is 5.56 Å². The Balaban J connectivity index is 2.04. The smallest absolute Gasteiger partial charge is 0.368 e. The van der Waals surface area contributed by atoms with E-state index in [1.165, 1.54) is 7.11 Å². The van der Waals surface area contributed by atoms with Gasteiger partial charge in [0.25, 0.3) is 0 Å². The molecule has 2 aromatic rings. The molecule has 1 aliphatic rings. The van der Waals surface area contributed by atoms with Crippen molar-refractivity contribution >= 4 is 41.0 Å². The van der Waals surface area contributed by atoms with Crippen LogP contribution < -0.4 is 4.74 Å². The van der Waals surface area contributed by atoms with E-state index in [-0.39, 0.29) is 0 Å². The van der Waals surface area contributed by atoms with E-state index in [0.29, 0.717) is 32.6 Å². The van der Waals surface area contributed by atoms with Gasteiger partial charge in [0.1, 0.15) is 5.71 Å². The van der Waals surface area contributed by atoms with Gasteiger partial charge in [-0.15, -0.1) is 0 Å². The highest BCUT2D eigenvalue weighted by molar-refractivity contribution is 6.37. The van der Waals surface area contributed by atoms with E-state index in [4.69, 9.17) is 32.8 Å². The molecule has 4 nitrogen and oxygen atoms in total. The third kappa shape index (κ3) is 3.09. The van der Waals surface area contributed by atoms with Gasteiger partial charge < -0.3 is 9.57 Å². The minimum atomic E-state index is -0.521. The average Bonchev–Trinajstić information content (AvgIpc) is 2.89. The van der Waals surface area contributed by atoms with Gasteiger partial charge in [-0.1, -0.05) is 58.7 Å². The highest BCUT2D eigenvalue weighted by Gasteiger charge is 2.26. The molecule has 0 unspecified atom stereocenters. The van der Waals surface area contributed by atoms with Crippen molar-refractivity contribution in [3.05, 3.63) is 69.2 Å². The van der Waals surface area contributed by atoms with Crippen LogP contribution in [0.3, 0.4) is 0 Å². The first-order chi connectivity index (χ1) is 11.1. The van der Waals surface area contributed by atoms with Gasteiger partial charge in [0, 0.05) is 5.56 Å². The van der Waals surface area contributed by atoms with Crippen LogP contribution in [-0.4, -0.2) is 18.8 Å². The second-order valence-corrected chi connectivity index (χ2v) is 5.57. The SMILES string of the molecule is COc1c(Cl)cc(/C=C2\C(=O)ON=C2c2ccccc2)cc1Cl. The zero-order valence-corrected chi connectivity index (χ0v) is 13.6. The van der Waals surface area contributed by atoms with E-state index in [2.05, 4.69) is 5.16 Å². The lowest BCUT2D eigenvalue weighted by Crippen LogP contribution is -2.06. The van der Waals surface area contributed by atoms with Gasteiger partial charge in [-0.05, 0) is 23.8 Å². The van der Waals surface area contributed by atoms with Crippen LogP contribution >= 0.6 is 23.2 Å². The van der Waals surface area contributed by atoms with E-state index in [1.807, 2.05) is 30.3 Å². The van der Waals surface area contributed by atoms with Gasteiger partial charge in [-0.25, -0.2) is 4.79 Å². The number of methoxy groups -OCH3 is 1. The van der Waals surface area contributed by atoms with Crippen molar-refractivity contribution in [2.45, 2.75) is 0 Å². The lowest BCUT2D eigenvalue weighted by Gasteiger charge is -2.07. The van der Waals surface area contributed by atoms with Crippen LogP contribution in [0, 0.1) is 0 Å². The zero-order valence-electron chi connectivity index (χ0n) is 12.0. The van der Waals surface area contributed by atoms with E-state index >= 15 is 0 Å². The minimum Gasteiger partial charge on any atom is -0.494 e. The fraction of sp³-hybridized carbons (Fsp3) is 0.0588. The summed E-state index contributed by atoms with van der Waals surface area (Å²) in [7, 11) is 1.49. The van der Waals surface area contributed by atoms with Gasteiger partial charge in [0.2, 0.25) is 0 Å². The molecular weight excluding hydrogens is 337 g/mol. The summed E-state index contributed by atoms with van der Waals surface area (Å²) in [5, 5.41) is 4.57. The zero-order chi connectivity index (χ0) is 16.4. The van der Waals surface area contributed by atoms with Gasteiger partial charge in [-0.2, -0.15) is 0 Å². The minimum absolute atomic E-state index is 0.341. The molecule has 0 aliphatic carbocycles. The molecule has 23 heavy (non-hydrogen) atoms. The quantitative estimate of drug-likeness (QED) is 0.612. The standard InChI is InChI=1S/C17H11Cl2NO3/c1-22-16-13(18)8-10(9-14(16)19)7-12-15(20-23-17(12)21)11-5-3-2-4-6-11/h2-9H,1H3/b12-7-. The largest absolute Gasteiger partial charge is 0.494 e. The van der Waals surface area contributed by atoms with Crippen LogP contribution in [0.25, 0.3) is 6.08 Å². The van der Waals surface area contributed by atoms with Gasteiger partial charge >= 0.3 is 5.97 Å². The van der Waals surface area contributed by atoms with Crippen LogP contribution in [0.5, 0.6) is 5.75 Å². The molecule has 0 spiro atoms. The number of nitrogens with zero attached hydrogens (tertiary/aromatic N) is 1. The highest BCUT2D eigenvalue weighted by Crippen LogP contribution is 2.35. The molecule has 116 valence electrons. The number of halogens is 2. The Labute approximate surface area is 142 Å². The number of hydrogen-bond acceptors (Lipinski definition) is 4. The molecule has 2 aromatic carbocycles. The highest BCUT2D eigenvalue weighted by atomic mass is 35.5. The molecule has 1 aliphatic heterocycles. The number of benzene rings is 2. The molecule has 1 heterocycles. The van der Waals surface area contributed by atoms with Gasteiger partial charge in [0.05, 0.1) is 22.7 Å². The fourth-order valence-electron chi connectivity index (χ4n) is 2.24. The predicted octanol–water partition coefficient (Wildman–Crippen LogP) is 4.35. The Morgan fingerprint density at radius 1 is 1.13 bits per heavy atom. The van der Waals surface area contributed by atoms with Crippen molar-refractivity contribution in [2.75, 3.05) is 7.11 Å². The van der Waals surface area contributed by atoms with E-state index in [1.54, 1.807) is 18.2 Å². The van der Waals surface area contributed by atoms with Crippen LogP contribution in [0.15, 0.2) is 53.2 Å². The van der Waals surface area contributed by atoms with Crippen LogP contribution in [0.2, 0.25) is 10.0 Å². The second-order valence-electron chi connectivity index (χ2n) is 4.76. The summed E-state index contributed by atoms with van der Waals surface area (Å²) in [6.45, 7) is 0. The summed E-state index contributed by atoms with van der Waals surface area (Å²) in [5.74, 6) is -0.131. The first-order valence-corrected chi connectivity index (χ1v) is 7.45. The number of carbonyl (C=O) groups excluding carboxylic acids is 1. The molecular formula is C17H11Cl2NO3. The maximum absolute atomic E-state index is 12.0. The Morgan fingerprint density at radius 3 is 2.39 bits per heavy atom. The number of ether oxygens (including phenoxy) is 1. The third-order valence-electron chi connectivity index (χ3n) is 3.28. The normalized spacial score (nSPS) is 15.5. The Bertz CT molecular complexity index is 806. The maximum Gasteiger partial charge on any atom is 0.368 e. The molecule has 0 N–H and O–H groups in total. The maximum atomic E-state index is 12.0. The van der Waals surface area contributed by atoms with E-state index in [9.17, 15) is 4.79 Å². The van der Waals surface area contributed by atoms with E-state index < -0.39 is 5.97 Å². The summed E-state index contributed by atoms with van der Waals surface area (Å²) in [5.41, 5.74) is 2.25. The fourth-order valence-corrected chi connectivity index (χ4v) is 2.90. The molecule has 0 atom stereocenters. The first-order valence-electron chi connectivity index (χ1n) is 6.70. The van der Waals surface area contributed by atoms with Crippen molar-refractivity contribution in [1.82, 2.24) is 0 Å². The molecule has 6 heteroatoms. The molecule has 0 radical (unpaired) electrons. The average molecular weight is 348 g/mol. The van der Waals surface area contributed by atoms with Gasteiger partial charge in [-0.3, -0.25) is 0 Å². The summed E-state index contributed by atoms with van der Waals surface area (Å²) in [6.07, 6.45) is 1.64. The van der Waals surface area contributed by atoms with Crippen LogP contribution in [0.4, 0.5) is 0 Å². The lowest BCUT2D eigenvalue weighted by molar-refractivity contribution is -0.136. The number of rotatable bonds is 3. The Morgan fingerprint density at radius 2 is 1.78 bits per heavy atom. The molecule has 0 bridgehead atoms. The summed E-state index contributed by atoms with van der Waals surface area (Å²) < 4.78 is 5.11. The number of carbonyl (C=O) groups is 1. The van der Waals surface area contributed by atoms with Crippen molar-refractivity contribution in [3.8, 4) is 5.75 Å². The van der Waals surface area contributed by atoms with Crippen LogP contribution in [-0.2, 0) is 9.63 Å². The Hall–Kier alpha value is -2.30. The second kappa shape index (κ2) is 6.44. The number of oxime groups is 1. The van der Waals surface area contributed by atoms with Crippen molar-refractivity contribution < 1.29 is 14.4 Å². The van der Waals surface area contributed by atoms with Gasteiger partial charge in [0.15, 0.2) is 5.75 Å². The third-order valence-corrected chi connectivity index (χ3v) is 3.84. The predicted molar refractivity (Wildman–Crippen MR) is 90.1 cm³/mol.